The van der Waals surface area contributed by atoms with Crippen molar-refractivity contribution in [2.24, 2.45) is 0 Å². The van der Waals surface area contributed by atoms with Gasteiger partial charge in [-0.15, -0.1) is 11.8 Å². The quantitative estimate of drug-likeness (QED) is 0.719. The zero-order chi connectivity index (χ0) is 13.6. The third-order valence-electron chi connectivity index (χ3n) is 2.85. The average molecular weight is 284 g/mol. The van der Waals surface area contributed by atoms with E-state index in [9.17, 15) is 9.00 Å². The van der Waals surface area contributed by atoms with Gasteiger partial charge < -0.3 is 0 Å². The standard InChI is InChI=1S/C14H20O2S2/c1-4-14(17-5-2,18(16)6-3)13(15)12-10-8-7-9-11-12/h7-11H,4-6H2,1-3H3. The zero-order valence-corrected chi connectivity index (χ0v) is 12.8. The molecule has 1 rings (SSSR count). The molecule has 2 unspecified atom stereocenters. The van der Waals surface area contributed by atoms with Gasteiger partial charge in [-0.25, -0.2) is 0 Å². The summed E-state index contributed by atoms with van der Waals surface area (Å²) in [5.74, 6) is 1.30. The van der Waals surface area contributed by atoms with Crippen molar-refractivity contribution in [3.8, 4) is 0 Å². The molecule has 0 radical (unpaired) electrons. The second-order valence-corrected chi connectivity index (χ2v) is 7.66. The molecule has 4 heteroatoms. The molecule has 0 aromatic heterocycles. The van der Waals surface area contributed by atoms with Gasteiger partial charge in [-0.05, 0) is 12.2 Å². The molecule has 0 spiro atoms. The second-order valence-electron chi connectivity index (χ2n) is 3.87. The molecule has 100 valence electrons. The number of carbonyl (C=O) groups is 1. The van der Waals surface area contributed by atoms with Gasteiger partial charge in [0.25, 0.3) is 0 Å². The number of carbonyl (C=O) groups excluding carboxylic acids is 1. The predicted molar refractivity (Wildman–Crippen MR) is 80.6 cm³/mol. The van der Waals surface area contributed by atoms with Gasteiger partial charge in [0.05, 0.1) is 0 Å². The monoisotopic (exact) mass is 284 g/mol. The Bertz CT molecular complexity index is 417. The van der Waals surface area contributed by atoms with E-state index in [2.05, 4.69) is 0 Å². The lowest BCUT2D eigenvalue weighted by Crippen LogP contribution is -2.40. The van der Waals surface area contributed by atoms with Crippen molar-refractivity contribution in [1.29, 1.82) is 0 Å². The van der Waals surface area contributed by atoms with Crippen LogP contribution in [0.4, 0.5) is 0 Å². The highest BCUT2D eigenvalue weighted by Crippen LogP contribution is 2.36. The van der Waals surface area contributed by atoms with E-state index in [1.54, 1.807) is 12.1 Å². The van der Waals surface area contributed by atoms with Crippen molar-refractivity contribution in [3.63, 3.8) is 0 Å². The average Bonchev–Trinajstić information content (AvgIpc) is 2.44. The number of hydrogen-bond donors (Lipinski definition) is 0. The van der Waals surface area contributed by atoms with Crippen LogP contribution < -0.4 is 0 Å². The topological polar surface area (TPSA) is 34.1 Å². The van der Waals surface area contributed by atoms with E-state index in [4.69, 9.17) is 0 Å². The maximum Gasteiger partial charge on any atom is 0.191 e. The Balaban J connectivity index is 3.18. The molecule has 0 fully saturated rings. The molecule has 0 bridgehead atoms. The van der Waals surface area contributed by atoms with E-state index in [1.807, 2.05) is 39.0 Å². The second kappa shape index (κ2) is 7.10. The SMILES string of the molecule is CCSC(CC)(C(=O)c1ccccc1)S(=O)CC. The summed E-state index contributed by atoms with van der Waals surface area (Å²) in [7, 11) is -1.14. The summed E-state index contributed by atoms with van der Waals surface area (Å²) in [4.78, 5) is 12.7. The highest BCUT2D eigenvalue weighted by atomic mass is 32.2. The Labute approximate surface area is 116 Å². The Morgan fingerprint density at radius 3 is 2.28 bits per heavy atom. The van der Waals surface area contributed by atoms with E-state index in [1.165, 1.54) is 11.8 Å². The lowest BCUT2D eigenvalue weighted by molar-refractivity contribution is 0.0975. The fourth-order valence-electron chi connectivity index (χ4n) is 1.93. The molecular formula is C14H20O2S2. The van der Waals surface area contributed by atoms with Crippen molar-refractivity contribution >= 4 is 28.3 Å². The fourth-order valence-corrected chi connectivity index (χ4v) is 5.20. The number of hydrogen-bond acceptors (Lipinski definition) is 3. The Morgan fingerprint density at radius 1 is 1.22 bits per heavy atom. The van der Waals surface area contributed by atoms with Crippen LogP contribution >= 0.6 is 11.8 Å². The van der Waals surface area contributed by atoms with Crippen molar-refractivity contribution in [2.75, 3.05) is 11.5 Å². The largest absolute Gasteiger partial charge is 0.292 e. The van der Waals surface area contributed by atoms with E-state index >= 15 is 0 Å². The molecule has 18 heavy (non-hydrogen) atoms. The van der Waals surface area contributed by atoms with Crippen LogP contribution in [0, 0.1) is 0 Å². The van der Waals surface area contributed by atoms with E-state index in [0.717, 1.165) is 5.75 Å². The number of benzene rings is 1. The molecule has 0 aliphatic rings. The van der Waals surface area contributed by atoms with Gasteiger partial charge >= 0.3 is 0 Å². The molecule has 0 N–H and O–H groups in total. The van der Waals surface area contributed by atoms with Crippen LogP contribution in [0.2, 0.25) is 0 Å². The van der Waals surface area contributed by atoms with Gasteiger partial charge in [-0.3, -0.25) is 9.00 Å². The lowest BCUT2D eigenvalue weighted by Gasteiger charge is -2.29. The highest BCUT2D eigenvalue weighted by molar-refractivity contribution is 8.13. The third-order valence-corrected chi connectivity index (χ3v) is 6.73. The van der Waals surface area contributed by atoms with Crippen molar-refractivity contribution < 1.29 is 9.00 Å². The molecule has 2 atom stereocenters. The lowest BCUT2D eigenvalue weighted by atomic mass is 10.1. The van der Waals surface area contributed by atoms with Gasteiger partial charge in [0.15, 0.2) is 9.86 Å². The molecule has 0 heterocycles. The van der Waals surface area contributed by atoms with E-state index in [-0.39, 0.29) is 5.78 Å². The minimum absolute atomic E-state index is 0.00219. The first-order valence-electron chi connectivity index (χ1n) is 6.24. The summed E-state index contributed by atoms with van der Waals surface area (Å²) < 4.78 is 11.6. The summed E-state index contributed by atoms with van der Waals surface area (Å²) in [5, 5.41) is 0. The number of Topliss-reactive ketones (excluding diaryl/α,β-unsaturated/α-hetero) is 1. The molecule has 0 saturated heterocycles. The molecule has 1 aromatic rings. The molecule has 0 amide bonds. The van der Waals surface area contributed by atoms with Gasteiger partial charge in [0, 0.05) is 22.1 Å². The van der Waals surface area contributed by atoms with Crippen LogP contribution in [0.5, 0.6) is 0 Å². The van der Waals surface area contributed by atoms with Crippen LogP contribution in [-0.2, 0) is 10.8 Å². The van der Waals surface area contributed by atoms with Gasteiger partial charge in [0.1, 0.15) is 0 Å². The van der Waals surface area contributed by atoms with E-state index in [0.29, 0.717) is 17.7 Å². The fraction of sp³-hybridized carbons (Fsp3) is 0.500. The molecular weight excluding hydrogens is 264 g/mol. The van der Waals surface area contributed by atoms with Gasteiger partial charge in [0.2, 0.25) is 0 Å². The normalized spacial score (nSPS) is 15.9. The molecule has 1 aromatic carbocycles. The molecule has 0 aliphatic carbocycles. The number of ketones is 1. The maximum absolute atomic E-state index is 12.7. The third kappa shape index (κ3) is 3.04. The van der Waals surface area contributed by atoms with Crippen LogP contribution in [0.3, 0.4) is 0 Å². The predicted octanol–water partition coefficient (Wildman–Crippen LogP) is 3.50. The van der Waals surface area contributed by atoms with Crippen LogP contribution in [-0.4, -0.2) is 25.6 Å². The first-order chi connectivity index (χ1) is 8.62. The number of rotatable bonds is 7. The first-order valence-corrected chi connectivity index (χ1v) is 8.55. The van der Waals surface area contributed by atoms with Crippen molar-refractivity contribution in [1.82, 2.24) is 0 Å². The van der Waals surface area contributed by atoms with Gasteiger partial charge in [-0.1, -0.05) is 51.1 Å². The van der Waals surface area contributed by atoms with Crippen molar-refractivity contribution in [2.45, 2.75) is 31.3 Å². The number of thioether (sulfide) groups is 1. The molecule has 0 saturated carbocycles. The molecule has 0 aliphatic heterocycles. The molecule has 2 nitrogen and oxygen atoms in total. The summed E-state index contributed by atoms with van der Waals surface area (Å²) in [5.41, 5.74) is 0.655. The Hall–Kier alpha value is -0.610. The first kappa shape index (κ1) is 15.4. The smallest absolute Gasteiger partial charge is 0.191 e. The summed E-state index contributed by atoms with van der Waals surface area (Å²) in [6, 6.07) is 9.18. The zero-order valence-electron chi connectivity index (χ0n) is 11.1. The van der Waals surface area contributed by atoms with Gasteiger partial charge in [-0.2, -0.15) is 0 Å². The maximum atomic E-state index is 12.7. The summed E-state index contributed by atoms with van der Waals surface area (Å²) in [6.07, 6.45) is 0.597. The van der Waals surface area contributed by atoms with E-state index < -0.39 is 14.9 Å². The Kier molecular flexibility index (Phi) is 6.09. The van der Waals surface area contributed by atoms with Crippen molar-refractivity contribution in [3.05, 3.63) is 35.9 Å². The highest BCUT2D eigenvalue weighted by Gasteiger charge is 2.42. The minimum Gasteiger partial charge on any atom is -0.292 e. The minimum atomic E-state index is -1.14. The summed E-state index contributed by atoms with van der Waals surface area (Å²) in [6.45, 7) is 5.81. The van der Waals surface area contributed by atoms with Crippen LogP contribution in [0.15, 0.2) is 30.3 Å². The van der Waals surface area contributed by atoms with Crippen LogP contribution in [0.1, 0.15) is 37.6 Å². The van der Waals surface area contributed by atoms with Crippen LogP contribution in [0.25, 0.3) is 0 Å². The Morgan fingerprint density at radius 2 is 1.83 bits per heavy atom. The summed E-state index contributed by atoms with van der Waals surface area (Å²) >= 11 is 1.51.